The molecule has 0 spiro atoms. The summed E-state index contributed by atoms with van der Waals surface area (Å²) in [5, 5.41) is 11.2. The molecule has 1 aliphatic heterocycles. The summed E-state index contributed by atoms with van der Waals surface area (Å²) in [4.78, 5) is 17.2. The summed E-state index contributed by atoms with van der Waals surface area (Å²) in [5.41, 5.74) is 3.82. The van der Waals surface area contributed by atoms with Crippen molar-refractivity contribution < 1.29 is 5.11 Å². The summed E-state index contributed by atoms with van der Waals surface area (Å²) >= 11 is 6.14. The van der Waals surface area contributed by atoms with Gasteiger partial charge in [0.05, 0.1) is 6.04 Å². The zero-order valence-corrected chi connectivity index (χ0v) is 20.0. The van der Waals surface area contributed by atoms with E-state index in [1.165, 1.54) is 11.1 Å². The van der Waals surface area contributed by atoms with Gasteiger partial charge >= 0.3 is 0 Å². The topological polar surface area (TPSA) is 43.8 Å². The molecule has 0 bridgehead atoms. The van der Waals surface area contributed by atoms with E-state index in [2.05, 4.69) is 60.0 Å². The lowest BCUT2D eigenvalue weighted by atomic mass is 9.96. The second kappa shape index (κ2) is 10.5. The molecule has 0 saturated carbocycles. The quantitative estimate of drug-likeness (QED) is 0.530. The predicted octanol–water partition coefficient (Wildman–Crippen LogP) is 5.44. The molecule has 172 valence electrons. The molecule has 1 fully saturated rings. The lowest BCUT2D eigenvalue weighted by Crippen LogP contribution is -2.47. The van der Waals surface area contributed by atoms with Gasteiger partial charge in [-0.2, -0.15) is 0 Å². The minimum absolute atomic E-state index is 0.132. The fourth-order valence-electron chi connectivity index (χ4n) is 4.50. The normalized spacial score (nSPS) is 16.1. The number of piperazine rings is 1. The lowest BCUT2D eigenvalue weighted by molar-refractivity contribution is 0.104. The van der Waals surface area contributed by atoms with Crippen molar-refractivity contribution in [1.82, 2.24) is 9.80 Å². The van der Waals surface area contributed by atoms with Gasteiger partial charge in [0.15, 0.2) is 5.75 Å². The van der Waals surface area contributed by atoms with Crippen LogP contribution in [0.25, 0.3) is 0 Å². The first-order valence-corrected chi connectivity index (χ1v) is 11.9. The monoisotopic (exact) mass is 462 g/mol. The summed E-state index contributed by atoms with van der Waals surface area (Å²) in [6.07, 6.45) is 0. The molecule has 4 rings (SSSR count). The van der Waals surface area contributed by atoms with Gasteiger partial charge in [-0.1, -0.05) is 80.0 Å². The van der Waals surface area contributed by atoms with Crippen LogP contribution >= 0.6 is 11.6 Å². The van der Waals surface area contributed by atoms with Crippen LogP contribution in [0.1, 0.15) is 48.1 Å². The molecule has 1 saturated heterocycles. The van der Waals surface area contributed by atoms with Crippen LogP contribution in [0.2, 0.25) is 5.02 Å². The average molecular weight is 463 g/mol. The first kappa shape index (κ1) is 23.5. The summed E-state index contributed by atoms with van der Waals surface area (Å²) in [5.74, 6) is 0.108. The van der Waals surface area contributed by atoms with E-state index in [0.717, 1.165) is 36.8 Å². The third-order valence-corrected chi connectivity index (χ3v) is 6.70. The molecule has 5 heteroatoms. The van der Waals surface area contributed by atoms with Gasteiger partial charge in [0.25, 0.3) is 0 Å². The van der Waals surface area contributed by atoms with Crippen LogP contribution in [-0.2, 0) is 6.54 Å². The first-order chi connectivity index (χ1) is 15.9. The number of hydrogen-bond donors (Lipinski definition) is 1. The van der Waals surface area contributed by atoms with Crippen LogP contribution in [0.15, 0.2) is 77.6 Å². The molecule has 33 heavy (non-hydrogen) atoms. The highest BCUT2D eigenvalue weighted by Gasteiger charge is 2.26. The highest BCUT2D eigenvalue weighted by molar-refractivity contribution is 6.30. The van der Waals surface area contributed by atoms with E-state index < -0.39 is 0 Å². The minimum Gasteiger partial charge on any atom is -0.504 e. The van der Waals surface area contributed by atoms with Crippen LogP contribution in [-0.4, -0.2) is 41.1 Å². The molecule has 1 aliphatic rings. The minimum atomic E-state index is -0.302. The third kappa shape index (κ3) is 5.64. The van der Waals surface area contributed by atoms with Crippen LogP contribution in [0.5, 0.6) is 5.75 Å². The number of rotatable bonds is 6. The summed E-state index contributed by atoms with van der Waals surface area (Å²) in [6.45, 7) is 8.17. The zero-order valence-electron chi connectivity index (χ0n) is 19.2. The van der Waals surface area contributed by atoms with Gasteiger partial charge in [0.2, 0.25) is 5.43 Å². The SMILES string of the molecule is CC(C)c1ccc(CN2CCN(C(c3ccccc3)c3ccc(Cl)cc3)CC2)c(O)c(=O)c1. The molecule has 0 aromatic heterocycles. The fraction of sp³-hybridized carbons (Fsp3) is 0.321. The van der Waals surface area contributed by atoms with E-state index in [1.807, 2.05) is 30.3 Å². The smallest absolute Gasteiger partial charge is 0.220 e. The maximum Gasteiger partial charge on any atom is 0.220 e. The maximum absolute atomic E-state index is 12.4. The Hall–Kier alpha value is -2.66. The van der Waals surface area contributed by atoms with Gasteiger partial charge in [0.1, 0.15) is 0 Å². The third-order valence-electron chi connectivity index (χ3n) is 6.45. The van der Waals surface area contributed by atoms with Crippen molar-refractivity contribution in [3.63, 3.8) is 0 Å². The standard InChI is InChI=1S/C28H31ClN2O2/c1-20(2)23-8-9-24(28(33)26(32)18-23)19-30-14-16-31(17-15-30)27(21-6-4-3-5-7-21)22-10-12-25(29)13-11-22/h3-13,18,20,27H,14-17,19H2,1-2H3,(H,32,33). The van der Waals surface area contributed by atoms with Crippen LogP contribution in [0.4, 0.5) is 0 Å². The Balaban J connectivity index is 1.50. The van der Waals surface area contributed by atoms with E-state index in [4.69, 9.17) is 11.6 Å². The van der Waals surface area contributed by atoms with Crippen LogP contribution in [0.3, 0.4) is 0 Å². The molecule has 1 heterocycles. The Morgan fingerprint density at radius 2 is 1.45 bits per heavy atom. The van der Waals surface area contributed by atoms with Crippen molar-refractivity contribution in [2.45, 2.75) is 32.4 Å². The van der Waals surface area contributed by atoms with Crippen molar-refractivity contribution in [3.05, 3.63) is 110 Å². The molecule has 4 nitrogen and oxygen atoms in total. The number of benzene rings is 2. The van der Waals surface area contributed by atoms with Gasteiger partial charge in [-0.3, -0.25) is 14.6 Å². The Morgan fingerprint density at radius 1 is 0.848 bits per heavy atom. The first-order valence-electron chi connectivity index (χ1n) is 11.6. The maximum atomic E-state index is 12.4. The van der Waals surface area contributed by atoms with Crippen molar-refractivity contribution in [2.24, 2.45) is 0 Å². The van der Waals surface area contributed by atoms with Gasteiger partial charge in [-0.25, -0.2) is 0 Å². The number of aromatic hydroxyl groups is 1. The highest BCUT2D eigenvalue weighted by Crippen LogP contribution is 2.31. The summed E-state index contributed by atoms with van der Waals surface area (Å²) < 4.78 is 0. The van der Waals surface area contributed by atoms with E-state index in [-0.39, 0.29) is 23.1 Å². The van der Waals surface area contributed by atoms with E-state index in [1.54, 1.807) is 6.07 Å². The molecular weight excluding hydrogens is 432 g/mol. The Labute approximate surface area is 201 Å². The molecule has 0 amide bonds. The molecule has 3 aromatic rings. The van der Waals surface area contributed by atoms with Gasteiger partial charge in [0, 0.05) is 43.3 Å². The summed E-state index contributed by atoms with van der Waals surface area (Å²) in [6, 6.07) is 24.3. The van der Waals surface area contributed by atoms with Crippen LogP contribution < -0.4 is 5.43 Å². The number of halogens is 1. The summed E-state index contributed by atoms with van der Waals surface area (Å²) in [7, 11) is 0. The van der Waals surface area contributed by atoms with Crippen molar-refractivity contribution in [2.75, 3.05) is 26.2 Å². The highest BCUT2D eigenvalue weighted by atomic mass is 35.5. The predicted molar refractivity (Wildman–Crippen MR) is 135 cm³/mol. The van der Waals surface area contributed by atoms with E-state index >= 15 is 0 Å². The molecule has 1 unspecified atom stereocenters. The second-order valence-electron chi connectivity index (χ2n) is 9.05. The Kier molecular flexibility index (Phi) is 7.49. The van der Waals surface area contributed by atoms with Gasteiger partial charge < -0.3 is 5.11 Å². The zero-order chi connectivity index (χ0) is 23.4. The molecule has 0 radical (unpaired) electrons. The van der Waals surface area contributed by atoms with Gasteiger partial charge in [-0.05, 0) is 40.8 Å². The largest absolute Gasteiger partial charge is 0.504 e. The lowest BCUT2D eigenvalue weighted by Gasteiger charge is -2.39. The van der Waals surface area contributed by atoms with Crippen molar-refractivity contribution in [3.8, 4) is 5.75 Å². The molecular formula is C28H31ClN2O2. The second-order valence-corrected chi connectivity index (χ2v) is 9.48. The van der Waals surface area contributed by atoms with Crippen molar-refractivity contribution in [1.29, 1.82) is 0 Å². The molecule has 1 atom stereocenters. The average Bonchev–Trinajstić information content (AvgIpc) is 2.96. The van der Waals surface area contributed by atoms with Gasteiger partial charge in [-0.15, -0.1) is 0 Å². The molecule has 1 N–H and O–H groups in total. The van der Waals surface area contributed by atoms with E-state index in [0.29, 0.717) is 12.1 Å². The fourth-order valence-corrected chi connectivity index (χ4v) is 4.63. The van der Waals surface area contributed by atoms with E-state index in [9.17, 15) is 9.90 Å². The number of hydrogen-bond acceptors (Lipinski definition) is 4. The Morgan fingerprint density at radius 3 is 2.09 bits per heavy atom. The van der Waals surface area contributed by atoms with Crippen LogP contribution in [0, 0.1) is 0 Å². The number of nitrogens with zero attached hydrogens (tertiary/aromatic N) is 2. The Bertz CT molecular complexity index is 1120. The van der Waals surface area contributed by atoms with Crippen molar-refractivity contribution >= 4 is 11.6 Å². The molecule has 3 aromatic carbocycles. The molecule has 0 aliphatic carbocycles.